The summed E-state index contributed by atoms with van der Waals surface area (Å²) in [5.74, 6) is 0.980. The van der Waals surface area contributed by atoms with Gasteiger partial charge in [-0.05, 0) is 54.1 Å². The SMILES string of the molecule is Cc1ccc([C@H](C)NCc2ccc(I)o2)cc1. The summed E-state index contributed by atoms with van der Waals surface area (Å²) in [7, 11) is 0. The van der Waals surface area contributed by atoms with Gasteiger partial charge in [-0.2, -0.15) is 0 Å². The summed E-state index contributed by atoms with van der Waals surface area (Å²) in [5, 5.41) is 3.45. The highest BCUT2D eigenvalue weighted by atomic mass is 127. The van der Waals surface area contributed by atoms with Gasteiger partial charge in [0.2, 0.25) is 0 Å². The number of benzene rings is 1. The number of furan rings is 1. The molecular formula is C14H16INO. The van der Waals surface area contributed by atoms with Crippen LogP contribution >= 0.6 is 22.6 Å². The van der Waals surface area contributed by atoms with Crippen molar-refractivity contribution in [1.29, 1.82) is 0 Å². The lowest BCUT2D eigenvalue weighted by atomic mass is 10.1. The number of aryl methyl sites for hydroxylation is 1. The number of hydrogen-bond donors (Lipinski definition) is 1. The quantitative estimate of drug-likeness (QED) is 0.849. The standard InChI is InChI=1S/C14H16INO/c1-10-3-5-12(6-4-10)11(2)16-9-13-7-8-14(15)17-13/h3-8,11,16H,9H2,1-2H3/t11-/m0/s1. The highest BCUT2D eigenvalue weighted by molar-refractivity contribution is 14.1. The Morgan fingerprint density at radius 2 is 1.88 bits per heavy atom. The molecule has 3 heteroatoms. The van der Waals surface area contributed by atoms with Crippen LogP contribution in [0.4, 0.5) is 0 Å². The molecule has 1 atom stereocenters. The minimum atomic E-state index is 0.332. The fourth-order valence-corrected chi connectivity index (χ4v) is 2.14. The molecule has 0 amide bonds. The van der Waals surface area contributed by atoms with Crippen LogP contribution in [-0.2, 0) is 6.54 Å². The highest BCUT2D eigenvalue weighted by Crippen LogP contribution is 2.15. The first-order valence-electron chi connectivity index (χ1n) is 5.69. The molecule has 1 N–H and O–H groups in total. The van der Waals surface area contributed by atoms with E-state index in [9.17, 15) is 0 Å². The third-order valence-corrected chi connectivity index (χ3v) is 3.37. The predicted octanol–water partition coefficient (Wildman–Crippen LogP) is 4.04. The third-order valence-electron chi connectivity index (χ3n) is 2.79. The molecule has 0 aliphatic rings. The van der Waals surface area contributed by atoms with Gasteiger partial charge in [0.15, 0.2) is 3.77 Å². The van der Waals surface area contributed by atoms with E-state index in [4.69, 9.17) is 4.42 Å². The molecule has 0 fully saturated rings. The van der Waals surface area contributed by atoms with Gasteiger partial charge < -0.3 is 9.73 Å². The summed E-state index contributed by atoms with van der Waals surface area (Å²) < 4.78 is 6.45. The Morgan fingerprint density at radius 1 is 1.18 bits per heavy atom. The topological polar surface area (TPSA) is 25.2 Å². The van der Waals surface area contributed by atoms with Gasteiger partial charge >= 0.3 is 0 Å². The van der Waals surface area contributed by atoms with Crippen molar-refractivity contribution in [3.05, 3.63) is 57.1 Å². The Morgan fingerprint density at radius 3 is 2.47 bits per heavy atom. The second-order valence-corrected chi connectivity index (χ2v) is 5.28. The van der Waals surface area contributed by atoms with Crippen LogP contribution in [0, 0.1) is 10.7 Å². The van der Waals surface area contributed by atoms with Crippen molar-refractivity contribution < 1.29 is 4.42 Å². The third kappa shape index (κ3) is 3.57. The molecule has 1 aromatic carbocycles. The average molecular weight is 341 g/mol. The summed E-state index contributed by atoms with van der Waals surface area (Å²) in [6.45, 7) is 5.03. The number of halogens is 1. The van der Waals surface area contributed by atoms with Gasteiger partial charge in [-0.15, -0.1) is 0 Å². The summed E-state index contributed by atoms with van der Waals surface area (Å²) in [5.41, 5.74) is 2.60. The molecule has 90 valence electrons. The maximum absolute atomic E-state index is 5.51. The molecule has 2 aromatic rings. The first-order valence-corrected chi connectivity index (χ1v) is 6.77. The van der Waals surface area contributed by atoms with E-state index >= 15 is 0 Å². The smallest absolute Gasteiger partial charge is 0.164 e. The predicted molar refractivity (Wildman–Crippen MR) is 77.9 cm³/mol. The molecule has 0 unspecified atom stereocenters. The van der Waals surface area contributed by atoms with E-state index in [0.717, 1.165) is 16.1 Å². The van der Waals surface area contributed by atoms with Gasteiger partial charge in [0.05, 0.1) is 6.54 Å². The van der Waals surface area contributed by atoms with Crippen LogP contribution in [-0.4, -0.2) is 0 Å². The molecule has 0 saturated heterocycles. The fourth-order valence-electron chi connectivity index (χ4n) is 1.67. The van der Waals surface area contributed by atoms with Crippen molar-refractivity contribution >= 4 is 22.6 Å². The van der Waals surface area contributed by atoms with Gasteiger partial charge in [-0.1, -0.05) is 29.8 Å². The van der Waals surface area contributed by atoms with Crippen molar-refractivity contribution in [2.45, 2.75) is 26.4 Å². The summed E-state index contributed by atoms with van der Waals surface area (Å²) in [6, 6.07) is 12.9. The van der Waals surface area contributed by atoms with E-state index in [1.54, 1.807) is 0 Å². The Bertz CT molecular complexity index is 475. The van der Waals surface area contributed by atoms with E-state index in [-0.39, 0.29) is 0 Å². The van der Waals surface area contributed by atoms with E-state index in [1.807, 2.05) is 12.1 Å². The molecule has 17 heavy (non-hydrogen) atoms. The van der Waals surface area contributed by atoms with Crippen molar-refractivity contribution in [3.8, 4) is 0 Å². The number of hydrogen-bond acceptors (Lipinski definition) is 2. The first-order chi connectivity index (χ1) is 8.15. The maximum atomic E-state index is 5.51. The van der Waals surface area contributed by atoms with Crippen LogP contribution < -0.4 is 5.32 Å². The molecule has 1 aromatic heterocycles. The summed E-state index contributed by atoms with van der Waals surface area (Å²) in [6.07, 6.45) is 0. The average Bonchev–Trinajstić information content (AvgIpc) is 2.73. The Balaban J connectivity index is 1.93. The van der Waals surface area contributed by atoms with Crippen LogP contribution in [0.2, 0.25) is 0 Å². The van der Waals surface area contributed by atoms with Crippen LogP contribution in [0.25, 0.3) is 0 Å². The largest absolute Gasteiger partial charge is 0.454 e. The molecule has 0 bridgehead atoms. The van der Waals surface area contributed by atoms with E-state index in [1.165, 1.54) is 11.1 Å². The lowest BCUT2D eigenvalue weighted by molar-refractivity contribution is 0.445. The second kappa shape index (κ2) is 5.69. The second-order valence-electron chi connectivity index (χ2n) is 4.22. The van der Waals surface area contributed by atoms with Crippen LogP contribution in [0.3, 0.4) is 0 Å². The van der Waals surface area contributed by atoms with Crippen LogP contribution in [0.1, 0.15) is 29.9 Å². The molecule has 0 spiro atoms. The lowest BCUT2D eigenvalue weighted by Crippen LogP contribution is -2.17. The van der Waals surface area contributed by atoms with Crippen LogP contribution in [0.15, 0.2) is 40.8 Å². The fraction of sp³-hybridized carbons (Fsp3) is 0.286. The van der Waals surface area contributed by atoms with Crippen molar-refractivity contribution in [3.63, 3.8) is 0 Å². The lowest BCUT2D eigenvalue weighted by Gasteiger charge is -2.13. The Hall–Kier alpha value is -0.810. The zero-order valence-electron chi connectivity index (χ0n) is 10.0. The zero-order chi connectivity index (χ0) is 12.3. The molecular weight excluding hydrogens is 325 g/mol. The van der Waals surface area contributed by atoms with Gasteiger partial charge in [0.1, 0.15) is 5.76 Å². The van der Waals surface area contributed by atoms with E-state index in [0.29, 0.717) is 6.04 Å². The minimum Gasteiger partial charge on any atom is -0.454 e. The molecule has 2 nitrogen and oxygen atoms in total. The van der Waals surface area contributed by atoms with Crippen LogP contribution in [0.5, 0.6) is 0 Å². The summed E-state index contributed by atoms with van der Waals surface area (Å²) in [4.78, 5) is 0. The molecule has 0 radical (unpaired) electrons. The monoisotopic (exact) mass is 341 g/mol. The highest BCUT2D eigenvalue weighted by Gasteiger charge is 2.06. The Kier molecular flexibility index (Phi) is 4.23. The van der Waals surface area contributed by atoms with Gasteiger partial charge in [0.25, 0.3) is 0 Å². The molecule has 1 heterocycles. The zero-order valence-corrected chi connectivity index (χ0v) is 12.2. The normalized spacial score (nSPS) is 12.6. The van der Waals surface area contributed by atoms with Gasteiger partial charge in [-0.3, -0.25) is 0 Å². The van der Waals surface area contributed by atoms with E-state index in [2.05, 4.69) is 66.0 Å². The van der Waals surface area contributed by atoms with E-state index < -0.39 is 0 Å². The van der Waals surface area contributed by atoms with Gasteiger partial charge in [-0.25, -0.2) is 0 Å². The molecule has 0 saturated carbocycles. The summed E-state index contributed by atoms with van der Waals surface area (Å²) >= 11 is 2.18. The molecule has 0 aliphatic heterocycles. The molecule has 0 aliphatic carbocycles. The number of rotatable bonds is 4. The Labute approximate surface area is 116 Å². The molecule has 2 rings (SSSR count). The van der Waals surface area contributed by atoms with Crippen molar-refractivity contribution in [2.75, 3.05) is 0 Å². The first kappa shape index (κ1) is 12.6. The minimum absolute atomic E-state index is 0.332. The number of nitrogens with one attached hydrogen (secondary N) is 1. The van der Waals surface area contributed by atoms with Gasteiger partial charge in [0, 0.05) is 6.04 Å². The van der Waals surface area contributed by atoms with Crippen molar-refractivity contribution in [1.82, 2.24) is 5.32 Å². The van der Waals surface area contributed by atoms with Crippen molar-refractivity contribution in [2.24, 2.45) is 0 Å². The maximum Gasteiger partial charge on any atom is 0.164 e.